The Bertz CT molecular complexity index is 788. The summed E-state index contributed by atoms with van der Waals surface area (Å²) in [6.45, 7) is 2.42. The van der Waals surface area contributed by atoms with E-state index in [1.807, 2.05) is 12.1 Å². The van der Waals surface area contributed by atoms with Crippen LogP contribution < -0.4 is 4.74 Å². The molecular formula is C19H18Cl2N2O3. The maximum atomic E-state index is 12.1. The lowest BCUT2D eigenvalue weighted by Crippen LogP contribution is -2.42. The van der Waals surface area contributed by atoms with Crippen molar-refractivity contribution in [3.05, 3.63) is 58.1 Å². The van der Waals surface area contributed by atoms with Crippen molar-refractivity contribution in [1.29, 1.82) is 0 Å². The first-order valence-electron chi connectivity index (χ1n) is 8.19. The minimum Gasteiger partial charge on any atom is -0.484 e. The van der Waals surface area contributed by atoms with Gasteiger partial charge in [-0.3, -0.25) is 9.79 Å². The van der Waals surface area contributed by atoms with Gasteiger partial charge in [0.2, 0.25) is 0 Å². The van der Waals surface area contributed by atoms with Crippen molar-refractivity contribution >= 4 is 41.0 Å². The van der Waals surface area contributed by atoms with Gasteiger partial charge in [-0.1, -0.05) is 23.2 Å². The molecule has 0 unspecified atom stereocenters. The molecule has 3 rings (SSSR count). The molecule has 1 saturated heterocycles. The zero-order chi connectivity index (χ0) is 18.4. The number of morpholine rings is 1. The van der Waals surface area contributed by atoms with E-state index in [1.165, 1.54) is 0 Å². The molecule has 1 amide bonds. The maximum Gasteiger partial charge on any atom is 0.260 e. The van der Waals surface area contributed by atoms with Crippen LogP contribution >= 0.6 is 23.2 Å². The van der Waals surface area contributed by atoms with Gasteiger partial charge in [0.15, 0.2) is 6.61 Å². The van der Waals surface area contributed by atoms with E-state index in [-0.39, 0.29) is 12.5 Å². The summed E-state index contributed by atoms with van der Waals surface area (Å²) in [5.41, 5.74) is 1.54. The summed E-state index contributed by atoms with van der Waals surface area (Å²) >= 11 is 12.0. The molecule has 1 fully saturated rings. The molecule has 1 heterocycles. The lowest BCUT2D eigenvalue weighted by Gasteiger charge is -2.26. The van der Waals surface area contributed by atoms with E-state index in [4.69, 9.17) is 32.7 Å². The fourth-order valence-corrected chi connectivity index (χ4v) is 2.89. The Morgan fingerprint density at radius 3 is 2.58 bits per heavy atom. The number of halogens is 2. The highest BCUT2D eigenvalue weighted by Gasteiger charge is 2.16. The average Bonchev–Trinajstić information content (AvgIpc) is 2.67. The molecule has 0 spiro atoms. The predicted molar refractivity (Wildman–Crippen MR) is 103 cm³/mol. The number of hydrogen-bond donors (Lipinski definition) is 0. The van der Waals surface area contributed by atoms with Crippen molar-refractivity contribution in [3.63, 3.8) is 0 Å². The highest BCUT2D eigenvalue weighted by atomic mass is 35.5. The van der Waals surface area contributed by atoms with Crippen LogP contribution in [0.4, 0.5) is 5.69 Å². The lowest BCUT2D eigenvalue weighted by atomic mass is 10.2. The van der Waals surface area contributed by atoms with Crippen LogP contribution in [0, 0.1) is 0 Å². The Balaban J connectivity index is 1.54. The lowest BCUT2D eigenvalue weighted by molar-refractivity contribution is -0.137. The van der Waals surface area contributed by atoms with Gasteiger partial charge in [0.1, 0.15) is 5.75 Å². The third-order valence-electron chi connectivity index (χ3n) is 3.87. The first-order chi connectivity index (χ1) is 12.6. The first-order valence-corrected chi connectivity index (χ1v) is 8.95. The molecule has 0 atom stereocenters. The minimum absolute atomic E-state index is 0.0216. The Hall–Kier alpha value is -2.08. The van der Waals surface area contributed by atoms with Gasteiger partial charge in [-0.25, -0.2) is 0 Å². The monoisotopic (exact) mass is 392 g/mol. The minimum atomic E-state index is -0.0312. The van der Waals surface area contributed by atoms with Gasteiger partial charge in [0.05, 0.1) is 23.9 Å². The molecule has 1 aliphatic rings. The van der Waals surface area contributed by atoms with Crippen molar-refractivity contribution in [1.82, 2.24) is 4.90 Å². The molecule has 136 valence electrons. The first kappa shape index (κ1) is 18.7. The number of amides is 1. The summed E-state index contributed by atoms with van der Waals surface area (Å²) in [6.07, 6.45) is 1.71. The van der Waals surface area contributed by atoms with E-state index < -0.39 is 0 Å². The van der Waals surface area contributed by atoms with E-state index >= 15 is 0 Å². The van der Waals surface area contributed by atoms with Crippen LogP contribution in [0.1, 0.15) is 5.56 Å². The second kappa shape index (κ2) is 9.03. The van der Waals surface area contributed by atoms with E-state index in [9.17, 15) is 4.79 Å². The number of carbonyl (C=O) groups is 1. The Labute approximate surface area is 162 Å². The fourth-order valence-electron chi connectivity index (χ4n) is 2.43. The van der Waals surface area contributed by atoms with Crippen LogP contribution in [0.5, 0.6) is 5.75 Å². The molecule has 5 nitrogen and oxygen atoms in total. The zero-order valence-electron chi connectivity index (χ0n) is 14.0. The van der Waals surface area contributed by atoms with E-state index in [0.717, 1.165) is 5.56 Å². The van der Waals surface area contributed by atoms with Crippen LogP contribution in [0.25, 0.3) is 0 Å². The van der Waals surface area contributed by atoms with Gasteiger partial charge in [0, 0.05) is 24.3 Å². The molecule has 0 aromatic heterocycles. The average molecular weight is 393 g/mol. The van der Waals surface area contributed by atoms with E-state index in [0.29, 0.717) is 47.8 Å². The summed E-state index contributed by atoms with van der Waals surface area (Å²) in [5.74, 6) is 0.601. The van der Waals surface area contributed by atoms with E-state index in [2.05, 4.69) is 4.99 Å². The summed E-state index contributed by atoms with van der Waals surface area (Å²) < 4.78 is 10.8. The largest absolute Gasteiger partial charge is 0.484 e. The second-order valence-electron chi connectivity index (χ2n) is 5.70. The third-order valence-corrected chi connectivity index (χ3v) is 4.41. The van der Waals surface area contributed by atoms with Crippen LogP contribution in [0.15, 0.2) is 47.5 Å². The third kappa shape index (κ3) is 5.21. The number of ether oxygens (including phenoxy) is 2. The van der Waals surface area contributed by atoms with Gasteiger partial charge in [-0.2, -0.15) is 0 Å². The number of benzene rings is 2. The van der Waals surface area contributed by atoms with Crippen LogP contribution in [-0.4, -0.2) is 49.9 Å². The molecule has 2 aromatic carbocycles. The standard InChI is InChI=1S/C19H18Cl2N2O3/c20-15-3-6-18(17(21)11-15)22-12-14-1-4-16(5-2-14)26-13-19(24)23-7-9-25-10-8-23/h1-6,11-12H,7-10,13H2. The van der Waals surface area contributed by atoms with Crippen molar-refractivity contribution in [2.45, 2.75) is 0 Å². The smallest absolute Gasteiger partial charge is 0.260 e. The second-order valence-corrected chi connectivity index (χ2v) is 6.55. The van der Waals surface area contributed by atoms with Crippen molar-refractivity contribution in [2.24, 2.45) is 4.99 Å². The molecule has 2 aromatic rings. The van der Waals surface area contributed by atoms with Crippen LogP contribution in [0.3, 0.4) is 0 Å². The van der Waals surface area contributed by atoms with Gasteiger partial charge in [-0.15, -0.1) is 0 Å². The molecule has 7 heteroatoms. The summed E-state index contributed by atoms with van der Waals surface area (Å²) in [5, 5.41) is 1.07. The van der Waals surface area contributed by atoms with E-state index in [1.54, 1.807) is 41.4 Å². The summed E-state index contributed by atoms with van der Waals surface area (Å²) in [4.78, 5) is 18.2. The van der Waals surface area contributed by atoms with Crippen molar-refractivity contribution < 1.29 is 14.3 Å². The molecule has 0 bridgehead atoms. The number of aliphatic imine (C=N–C) groups is 1. The van der Waals surface area contributed by atoms with Gasteiger partial charge in [0.25, 0.3) is 5.91 Å². The normalized spacial score (nSPS) is 14.6. The van der Waals surface area contributed by atoms with Gasteiger partial charge < -0.3 is 14.4 Å². The van der Waals surface area contributed by atoms with Gasteiger partial charge >= 0.3 is 0 Å². The number of nitrogens with zero attached hydrogens (tertiary/aromatic N) is 2. The highest BCUT2D eigenvalue weighted by Crippen LogP contribution is 2.27. The van der Waals surface area contributed by atoms with Crippen LogP contribution in [-0.2, 0) is 9.53 Å². The molecule has 26 heavy (non-hydrogen) atoms. The van der Waals surface area contributed by atoms with Gasteiger partial charge in [-0.05, 0) is 48.0 Å². The number of hydrogen-bond acceptors (Lipinski definition) is 4. The predicted octanol–water partition coefficient (Wildman–Crippen LogP) is 3.98. The number of rotatable bonds is 5. The SMILES string of the molecule is O=C(COc1ccc(C=Nc2ccc(Cl)cc2Cl)cc1)N1CCOCC1. The highest BCUT2D eigenvalue weighted by molar-refractivity contribution is 6.36. The Morgan fingerprint density at radius 1 is 1.15 bits per heavy atom. The zero-order valence-corrected chi connectivity index (χ0v) is 15.5. The molecule has 0 radical (unpaired) electrons. The fraction of sp³-hybridized carbons (Fsp3) is 0.263. The molecule has 1 aliphatic heterocycles. The molecule has 0 saturated carbocycles. The Morgan fingerprint density at radius 2 is 1.88 bits per heavy atom. The van der Waals surface area contributed by atoms with Crippen molar-refractivity contribution in [3.8, 4) is 5.75 Å². The number of carbonyl (C=O) groups excluding carboxylic acids is 1. The quantitative estimate of drug-likeness (QED) is 0.722. The Kier molecular flexibility index (Phi) is 6.50. The maximum absolute atomic E-state index is 12.1. The molecular weight excluding hydrogens is 375 g/mol. The summed E-state index contributed by atoms with van der Waals surface area (Å²) in [7, 11) is 0. The topological polar surface area (TPSA) is 51.1 Å². The summed E-state index contributed by atoms with van der Waals surface area (Å²) in [6, 6.07) is 12.5. The van der Waals surface area contributed by atoms with Crippen LogP contribution in [0.2, 0.25) is 10.0 Å². The molecule has 0 N–H and O–H groups in total. The van der Waals surface area contributed by atoms with Crippen molar-refractivity contribution in [2.75, 3.05) is 32.9 Å². The molecule has 0 aliphatic carbocycles.